The van der Waals surface area contributed by atoms with Crippen LogP contribution in [-0.2, 0) is 4.74 Å². The van der Waals surface area contributed by atoms with Crippen molar-refractivity contribution in [1.82, 2.24) is 0 Å². The molecule has 1 aliphatic heterocycles. The molecule has 0 radical (unpaired) electrons. The second-order valence-corrected chi connectivity index (χ2v) is 4.54. The molecule has 0 saturated heterocycles. The van der Waals surface area contributed by atoms with Crippen LogP contribution < -0.4 is 5.32 Å². The molecule has 2 heteroatoms. The molecule has 1 aromatic carbocycles. The van der Waals surface area contributed by atoms with Crippen molar-refractivity contribution >= 4 is 5.69 Å². The minimum Gasteiger partial charge on any atom is -0.384 e. The van der Waals surface area contributed by atoms with E-state index in [4.69, 9.17) is 4.74 Å². The Kier molecular flexibility index (Phi) is 2.70. The zero-order valence-electron chi connectivity index (χ0n) is 9.92. The third-order valence-corrected chi connectivity index (χ3v) is 3.36. The summed E-state index contributed by atoms with van der Waals surface area (Å²) in [6.07, 6.45) is 0.237. The number of hydrogen-bond acceptors (Lipinski definition) is 2. The SMILES string of the molecule is COC1c2cc(C)c(C)cc2NCC1C. The minimum atomic E-state index is 0.237. The molecule has 0 spiro atoms. The number of nitrogens with one attached hydrogen (secondary N) is 1. The molecule has 1 aromatic rings. The van der Waals surface area contributed by atoms with Crippen molar-refractivity contribution in [3.63, 3.8) is 0 Å². The Balaban J connectivity index is 2.48. The standard InChI is InChI=1S/C13H19NO/c1-8-5-11-12(6-9(8)2)14-7-10(3)13(11)15-4/h5-6,10,13-14H,7H2,1-4H3. The molecule has 0 bridgehead atoms. The van der Waals surface area contributed by atoms with Gasteiger partial charge in [0, 0.05) is 30.8 Å². The molecule has 2 atom stereocenters. The van der Waals surface area contributed by atoms with Crippen LogP contribution in [0, 0.1) is 19.8 Å². The molecule has 0 saturated carbocycles. The first-order valence-corrected chi connectivity index (χ1v) is 5.51. The summed E-state index contributed by atoms with van der Waals surface area (Å²) >= 11 is 0. The molecule has 1 N–H and O–H groups in total. The Labute approximate surface area is 91.6 Å². The van der Waals surface area contributed by atoms with Gasteiger partial charge in [-0.25, -0.2) is 0 Å². The molecule has 0 amide bonds. The van der Waals surface area contributed by atoms with Gasteiger partial charge in [-0.1, -0.05) is 13.0 Å². The van der Waals surface area contributed by atoms with Crippen LogP contribution in [0.2, 0.25) is 0 Å². The van der Waals surface area contributed by atoms with Gasteiger partial charge in [-0.05, 0) is 31.0 Å². The van der Waals surface area contributed by atoms with E-state index in [0.717, 1.165) is 6.54 Å². The Morgan fingerprint density at radius 3 is 2.60 bits per heavy atom. The molecule has 2 nitrogen and oxygen atoms in total. The predicted molar refractivity (Wildman–Crippen MR) is 63.3 cm³/mol. The summed E-state index contributed by atoms with van der Waals surface area (Å²) in [6, 6.07) is 4.48. The van der Waals surface area contributed by atoms with E-state index in [1.165, 1.54) is 22.4 Å². The van der Waals surface area contributed by atoms with Crippen molar-refractivity contribution in [3.8, 4) is 0 Å². The van der Waals surface area contributed by atoms with Crippen molar-refractivity contribution in [1.29, 1.82) is 0 Å². The van der Waals surface area contributed by atoms with Crippen molar-refractivity contribution in [2.75, 3.05) is 19.0 Å². The van der Waals surface area contributed by atoms with Gasteiger partial charge in [0.15, 0.2) is 0 Å². The van der Waals surface area contributed by atoms with E-state index < -0.39 is 0 Å². The summed E-state index contributed by atoms with van der Waals surface area (Å²) < 4.78 is 5.58. The van der Waals surface area contributed by atoms with E-state index >= 15 is 0 Å². The van der Waals surface area contributed by atoms with Gasteiger partial charge in [-0.3, -0.25) is 0 Å². The predicted octanol–water partition coefficient (Wildman–Crippen LogP) is 3.05. The van der Waals surface area contributed by atoms with E-state index in [9.17, 15) is 0 Å². The van der Waals surface area contributed by atoms with Gasteiger partial charge in [-0.2, -0.15) is 0 Å². The molecule has 2 rings (SSSR count). The van der Waals surface area contributed by atoms with Crippen LogP contribution in [0.1, 0.15) is 29.7 Å². The topological polar surface area (TPSA) is 21.3 Å². The highest BCUT2D eigenvalue weighted by Gasteiger charge is 2.26. The second kappa shape index (κ2) is 3.86. The van der Waals surface area contributed by atoms with Crippen LogP contribution in [0.25, 0.3) is 0 Å². The number of anilines is 1. The average molecular weight is 205 g/mol. The van der Waals surface area contributed by atoms with Crippen LogP contribution in [-0.4, -0.2) is 13.7 Å². The zero-order chi connectivity index (χ0) is 11.0. The number of aryl methyl sites for hydroxylation is 2. The van der Waals surface area contributed by atoms with Crippen LogP contribution >= 0.6 is 0 Å². The maximum Gasteiger partial charge on any atom is 0.0883 e. The number of rotatable bonds is 1. The van der Waals surface area contributed by atoms with E-state index in [0.29, 0.717) is 5.92 Å². The molecule has 82 valence electrons. The fraction of sp³-hybridized carbons (Fsp3) is 0.538. The smallest absolute Gasteiger partial charge is 0.0883 e. The van der Waals surface area contributed by atoms with Crippen LogP contribution in [0.4, 0.5) is 5.69 Å². The van der Waals surface area contributed by atoms with E-state index in [1.807, 2.05) is 0 Å². The number of hydrogen-bond donors (Lipinski definition) is 1. The summed E-state index contributed by atoms with van der Waals surface area (Å²) in [7, 11) is 1.80. The van der Waals surface area contributed by atoms with Gasteiger partial charge in [0.1, 0.15) is 0 Å². The third-order valence-electron chi connectivity index (χ3n) is 3.36. The first-order valence-electron chi connectivity index (χ1n) is 5.51. The largest absolute Gasteiger partial charge is 0.384 e. The van der Waals surface area contributed by atoms with E-state index in [-0.39, 0.29) is 6.10 Å². The van der Waals surface area contributed by atoms with Gasteiger partial charge in [-0.15, -0.1) is 0 Å². The Hall–Kier alpha value is -1.02. The fourth-order valence-corrected chi connectivity index (χ4v) is 2.27. The monoisotopic (exact) mass is 205 g/mol. The zero-order valence-corrected chi connectivity index (χ0v) is 9.92. The third kappa shape index (κ3) is 1.74. The molecule has 0 aromatic heterocycles. The van der Waals surface area contributed by atoms with Gasteiger partial charge < -0.3 is 10.1 Å². The van der Waals surface area contributed by atoms with Gasteiger partial charge in [0.05, 0.1) is 6.10 Å². The number of methoxy groups -OCH3 is 1. The quantitative estimate of drug-likeness (QED) is 0.760. The van der Waals surface area contributed by atoms with Crippen LogP contribution in [0.5, 0.6) is 0 Å². The lowest BCUT2D eigenvalue weighted by molar-refractivity contribution is 0.0596. The first kappa shape index (κ1) is 10.5. The maximum absolute atomic E-state index is 5.58. The van der Waals surface area contributed by atoms with Crippen molar-refractivity contribution in [3.05, 3.63) is 28.8 Å². The lowest BCUT2D eigenvalue weighted by Gasteiger charge is -2.32. The van der Waals surface area contributed by atoms with Crippen LogP contribution in [0.15, 0.2) is 12.1 Å². The highest BCUT2D eigenvalue weighted by molar-refractivity contribution is 5.58. The highest BCUT2D eigenvalue weighted by atomic mass is 16.5. The molecular formula is C13H19NO. The molecular weight excluding hydrogens is 186 g/mol. The van der Waals surface area contributed by atoms with E-state index in [1.54, 1.807) is 7.11 Å². The van der Waals surface area contributed by atoms with Crippen LogP contribution in [0.3, 0.4) is 0 Å². The van der Waals surface area contributed by atoms with Crippen molar-refractivity contribution < 1.29 is 4.74 Å². The normalized spacial score (nSPS) is 24.5. The minimum absolute atomic E-state index is 0.237. The lowest BCUT2D eigenvalue weighted by atomic mass is 9.89. The van der Waals surface area contributed by atoms with Gasteiger partial charge in [0.2, 0.25) is 0 Å². The fourth-order valence-electron chi connectivity index (χ4n) is 2.27. The number of fused-ring (bicyclic) bond motifs is 1. The summed E-state index contributed by atoms with van der Waals surface area (Å²) in [5.74, 6) is 0.532. The number of ether oxygens (including phenoxy) is 1. The molecule has 1 heterocycles. The average Bonchev–Trinajstić information content (AvgIpc) is 2.21. The summed E-state index contributed by atoms with van der Waals surface area (Å²) in [5.41, 5.74) is 5.22. The maximum atomic E-state index is 5.58. The molecule has 1 aliphatic rings. The summed E-state index contributed by atoms with van der Waals surface area (Å²) in [6.45, 7) is 7.52. The molecule has 0 fully saturated rings. The van der Waals surface area contributed by atoms with Gasteiger partial charge in [0.25, 0.3) is 0 Å². The van der Waals surface area contributed by atoms with Crippen molar-refractivity contribution in [2.45, 2.75) is 26.9 Å². The molecule has 15 heavy (non-hydrogen) atoms. The lowest BCUT2D eigenvalue weighted by Crippen LogP contribution is -2.27. The summed E-state index contributed by atoms with van der Waals surface area (Å²) in [4.78, 5) is 0. The molecule has 0 aliphatic carbocycles. The Morgan fingerprint density at radius 2 is 1.93 bits per heavy atom. The Morgan fingerprint density at radius 1 is 1.27 bits per heavy atom. The highest BCUT2D eigenvalue weighted by Crippen LogP contribution is 2.36. The van der Waals surface area contributed by atoms with Crippen molar-refractivity contribution in [2.24, 2.45) is 5.92 Å². The van der Waals surface area contributed by atoms with Gasteiger partial charge >= 0.3 is 0 Å². The number of benzene rings is 1. The van der Waals surface area contributed by atoms with E-state index in [2.05, 4.69) is 38.2 Å². The summed E-state index contributed by atoms with van der Waals surface area (Å²) in [5, 5.41) is 3.46. The first-order chi connectivity index (χ1) is 7.13. The molecule has 2 unspecified atom stereocenters. The second-order valence-electron chi connectivity index (χ2n) is 4.54. The Bertz CT molecular complexity index is 373.